The molecule has 0 radical (unpaired) electrons. The molecule has 0 spiro atoms. The van der Waals surface area contributed by atoms with Crippen LogP contribution in [0.15, 0.2) is 72.8 Å². The maximum atomic E-state index is 12.8. The summed E-state index contributed by atoms with van der Waals surface area (Å²) in [5, 5.41) is 33.0. The lowest BCUT2D eigenvalue weighted by atomic mass is 9.67. The van der Waals surface area contributed by atoms with Crippen molar-refractivity contribution in [2.45, 2.75) is 30.0 Å². The molecule has 8 heteroatoms. The Kier molecular flexibility index (Phi) is 5.90. The van der Waals surface area contributed by atoms with Gasteiger partial charge in [-0.3, -0.25) is 0 Å². The molecule has 0 aliphatic carbocycles. The molecule has 4 aromatic rings. The first-order chi connectivity index (χ1) is 19.9. The number of hydrogen-bond acceptors (Lipinski definition) is 8. The molecule has 0 amide bonds. The normalized spacial score (nSPS) is 23.8. The largest absolute Gasteiger partial charge is 0.508 e. The van der Waals surface area contributed by atoms with E-state index in [1.165, 1.54) is 0 Å². The van der Waals surface area contributed by atoms with E-state index in [4.69, 9.17) is 23.7 Å². The Bertz CT molecular complexity index is 1650. The number of fused-ring (bicyclic) bond motifs is 5. The fourth-order valence-corrected chi connectivity index (χ4v) is 6.48. The monoisotopic (exact) mass is 554 g/mol. The minimum atomic E-state index is -1.52. The van der Waals surface area contributed by atoms with Crippen LogP contribution in [0.3, 0.4) is 0 Å². The summed E-state index contributed by atoms with van der Waals surface area (Å²) in [6.45, 7) is 0.550. The molecule has 0 saturated carbocycles. The first-order valence-corrected chi connectivity index (χ1v) is 13.5. The van der Waals surface area contributed by atoms with Crippen LogP contribution in [0.2, 0.25) is 0 Å². The van der Waals surface area contributed by atoms with Gasteiger partial charge < -0.3 is 39.0 Å². The van der Waals surface area contributed by atoms with Crippen LogP contribution in [0.4, 0.5) is 0 Å². The fraction of sp³-hybridized carbons (Fsp3) is 0.273. The number of ether oxygens (including phenoxy) is 5. The molecule has 0 saturated heterocycles. The van der Waals surface area contributed by atoms with Gasteiger partial charge in [0.25, 0.3) is 0 Å². The van der Waals surface area contributed by atoms with Gasteiger partial charge in [-0.15, -0.1) is 0 Å². The molecule has 8 nitrogen and oxygen atoms in total. The minimum absolute atomic E-state index is 0.0486. The summed E-state index contributed by atoms with van der Waals surface area (Å²) in [5.41, 5.74) is 2.63. The van der Waals surface area contributed by atoms with Gasteiger partial charge in [-0.25, -0.2) is 0 Å². The van der Waals surface area contributed by atoms with Crippen LogP contribution in [-0.2, 0) is 12.0 Å². The van der Waals surface area contributed by atoms with Crippen LogP contribution in [0.5, 0.6) is 40.2 Å². The van der Waals surface area contributed by atoms with Gasteiger partial charge >= 0.3 is 0 Å². The third-order valence-corrected chi connectivity index (χ3v) is 8.51. The van der Waals surface area contributed by atoms with E-state index < -0.39 is 17.6 Å². The molecule has 4 aromatic carbocycles. The predicted octanol–water partition coefficient (Wildman–Crippen LogP) is 5.01. The zero-order chi connectivity index (χ0) is 28.3. The van der Waals surface area contributed by atoms with E-state index in [-0.39, 0.29) is 24.0 Å². The molecule has 3 aliphatic rings. The molecule has 3 aliphatic heterocycles. The van der Waals surface area contributed by atoms with Gasteiger partial charge in [0.1, 0.15) is 52.5 Å². The topological polar surface area (TPSA) is 107 Å². The van der Waals surface area contributed by atoms with E-state index in [1.54, 1.807) is 56.7 Å². The molecule has 7 rings (SSSR count). The summed E-state index contributed by atoms with van der Waals surface area (Å²) in [4.78, 5) is 0. The van der Waals surface area contributed by atoms with E-state index >= 15 is 0 Å². The van der Waals surface area contributed by atoms with Crippen LogP contribution in [-0.4, -0.2) is 48.9 Å². The molecular formula is C33H30O8. The number of phenolic OH excluding ortho intramolecular Hbond substituents is 2. The summed E-state index contributed by atoms with van der Waals surface area (Å²) >= 11 is 0. The third kappa shape index (κ3) is 4.01. The second-order valence-electron chi connectivity index (χ2n) is 10.8. The van der Waals surface area contributed by atoms with Crippen molar-refractivity contribution in [1.29, 1.82) is 0 Å². The number of benzene rings is 4. The highest BCUT2D eigenvalue weighted by Gasteiger charge is 2.56. The van der Waals surface area contributed by atoms with Crippen LogP contribution in [0, 0.1) is 0 Å². The molecule has 1 unspecified atom stereocenters. The Balaban J connectivity index is 1.39. The minimum Gasteiger partial charge on any atom is -0.508 e. The van der Waals surface area contributed by atoms with Crippen LogP contribution in [0.25, 0.3) is 0 Å². The second-order valence-corrected chi connectivity index (χ2v) is 10.8. The number of methoxy groups -OCH3 is 2. The number of phenols is 2. The van der Waals surface area contributed by atoms with Gasteiger partial charge in [0, 0.05) is 40.8 Å². The highest BCUT2D eigenvalue weighted by Crippen LogP contribution is 2.57. The molecular weight excluding hydrogens is 524 g/mol. The van der Waals surface area contributed by atoms with Crippen molar-refractivity contribution < 1.29 is 39.0 Å². The van der Waals surface area contributed by atoms with E-state index in [1.807, 2.05) is 24.3 Å². The molecule has 3 heterocycles. The molecule has 0 bridgehead atoms. The Hall–Kier alpha value is -4.56. The van der Waals surface area contributed by atoms with Crippen LogP contribution >= 0.6 is 0 Å². The standard InChI is InChI=1S/C33H30O8/c1-37-23-7-9-26-30(15-23)40-17-31-33(26,36)32(24-8-6-22(35)14-29(24)41-31)25-12-18(4-10-27(25)38-2)20-11-19-3-5-21(34)13-28(19)39-16-20/h3-10,12-15,20,31-32,34-36H,11,16-17H2,1-2H3/t20-,31+,32?,33+/m0/s1. The highest BCUT2D eigenvalue weighted by molar-refractivity contribution is 5.59. The van der Waals surface area contributed by atoms with Crippen molar-refractivity contribution in [3.63, 3.8) is 0 Å². The van der Waals surface area contributed by atoms with Gasteiger partial charge in [-0.2, -0.15) is 0 Å². The molecule has 3 N–H and O–H groups in total. The predicted molar refractivity (Wildman–Crippen MR) is 150 cm³/mol. The zero-order valence-corrected chi connectivity index (χ0v) is 22.7. The molecule has 4 atom stereocenters. The number of aromatic hydroxyl groups is 2. The molecule has 0 aromatic heterocycles. The van der Waals surface area contributed by atoms with Crippen LogP contribution < -0.4 is 23.7 Å². The van der Waals surface area contributed by atoms with E-state index in [9.17, 15) is 15.3 Å². The van der Waals surface area contributed by atoms with Crippen LogP contribution in [0.1, 0.15) is 39.7 Å². The maximum absolute atomic E-state index is 12.8. The van der Waals surface area contributed by atoms with Gasteiger partial charge in [-0.1, -0.05) is 24.3 Å². The number of aliphatic hydroxyl groups is 1. The molecule has 210 valence electrons. The number of rotatable bonds is 4. The first-order valence-electron chi connectivity index (χ1n) is 13.5. The summed E-state index contributed by atoms with van der Waals surface area (Å²) in [5.74, 6) is 2.62. The van der Waals surface area contributed by atoms with E-state index in [0.29, 0.717) is 40.9 Å². The zero-order valence-electron chi connectivity index (χ0n) is 22.7. The average Bonchev–Trinajstić information content (AvgIpc) is 2.99. The van der Waals surface area contributed by atoms with Gasteiger partial charge in [0.15, 0.2) is 6.10 Å². The summed E-state index contributed by atoms with van der Waals surface area (Å²) in [6, 6.07) is 21.6. The lowest BCUT2D eigenvalue weighted by Crippen LogP contribution is -2.56. The van der Waals surface area contributed by atoms with Gasteiger partial charge in [0.05, 0.1) is 26.7 Å². The summed E-state index contributed by atoms with van der Waals surface area (Å²) in [7, 11) is 3.20. The molecule has 0 fully saturated rings. The molecule has 41 heavy (non-hydrogen) atoms. The maximum Gasteiger partial charge on any atom is 0.166 e. The van der Waals surface area contributed by atoms with Crippen molar-refractivity contribution in [1.82, 2.24) is 0 Å². The lowest BCUT2D eigenvalue weighted by molar-refractivity contribution is -0.120. The van der Waals surface area contributed by atoms with E-state index in [0.717, 1.165) is 28.7 Å². The Labute approximate surface area is 237 Å². The highest BCUT2D eigenvalue weighted by atomic mass is 16.6. The second kappa shape index (κ2) is 9.52. The number of hydrogen-bond donors (Lipinski definition) is 3. The Morgan fingerprint density at radius 3 is 2.34 bits per heavy atom. The van der Waals surface area contributed by atoms with Crippen molar-refractivity contribution >= 4 is 0 Å². The fourth-order valence-electron chi connectivity index (χ4n) is 6.48. The van der Waals surface area contributed by atoms with Crippen molar-refractivity contribution in [3.8, 4) is 40.2 Å². The van der Waals surface area contributed by atoms with Crippen molar-refractivity contribution in [3.05, 3.63) is 101 Å². The quantitative estimate of drug-likeness (QED) is 0.323. The van der Waals surface area contributed by atoms with Crippen molar-refractivity contribution in [2.24, 2.45) is 0 Å². The summed E-state index contributed by atoms with van der Waals surface area (Å²) < 4.78 is 29.7. The van der Waals surface area contributed by atoms with Crippen molar-refractivity contribution in [2.75, 3.05) is 27.4 Å². The summed E-state index contributed by atoms with van der Waals surface area (Å²) in [6.07, 6.45) is -0.0168. The average molecular weight is 555 g/mol. The van der Waals surface area contributed by atoms with E-state index in [2.05, 4.69) is 6.07 Å². The lowest BCUT2D eigenvalue weighted by Gasteiger charge is -2.49. The SMILES string of the molecule is COc1ccc2c(c1)OC[C@H]1Oc3cc(O)ccc3C(c3cc([C@@H]4COc5cc(O)ccc5C4)ccc3OC)[C@@]21O. The third-order valence-electron chi connectivity index (χ3n) is 8.51. The van der Waals surface area contributed by atoms with Gasteiger partial charge in [-0.05, 0) is 47.9 Å². The van der Waals surface area contributed by atoms with Gasteiger partial charge in [0.2, 0.25) is 0 Å². The first kappa shape index (κ1) is 25.4. The Morgan fingerprint density at radius 2 is 1.54 bits per heavy atom. The Morgan fingerprint density at radius 1 is 0.756 bits per heavy atom. The smallest absolute Gasteiger partial charge is 0.166 e.